The van der Waals surface area contributed by atoms with Crippen molar-refractivity contribution >= 4 is 14.8 Å². The fraction of sp³-hybridized carbons (Fsp3) is 0.967. The Hall–Kier alpha value is -0.553. The van der Waals surface area contributed by atoms with Gasteiger partial charge in [-0.25, -0.2) is 4.79 Å². The fourth-order valence-electron chi connectivity index (χ4n) is 6.08. The van der Waals surface area contributed by atoms with Crippen molar-refractivity contribution in [3.8, 4) is 0 Å². The Balaban J connectivity index is 1.85. The highest BCUT2D eigenvalue weighted by atomic mass is 28.4. The molecule has 0 amide bonds. The monoisotopic (exact) mass is 574 g/mol. The van der Waals surface area contributed by atoms with Gasteiger partial charge in [0.2, 0.25) is 0 Å². The number of rotatable bonds is 23. The van der Waals surface area contributed by atoms with E-state index in [0.717, 1.165) is 30.5 Å². The zero-order valence-electron chi connectivity index (χ0n) is 25.3. The number of aliphatic hydroxyl groups is 2. The van der Waals surface area contributed by atoms with E-state index in [1.807, 2.05) is 0 Å². The van der Waals surface area contributed by atoms with Crippen molar-refractivity contribution < 1.29 is 37.9 Å². The number of carboxylic acid groups (broad SMARTS) is 1. The molecule has 0 aromatic carbocycles. The van der Waals surface area contributed by atoms with Crippen molar-refractivity contribution in [1.82, 2.24) is 0 Å². The van der Waals surface area contributed by atoms with Crippen LogP contribution in [0.25, 0.3) is 0 Å². The summed E-state index contributed by atoms with van der Waals surface area (Å²) in [6.45, 7) is 7.81. The number of aliphatic carboxylic acids is 1. The summed E-state index contributed by atoms with van der Waals surface area (Å²) in [6, 6.07) is 0.509. The molecule has 2 bridgehead atoms. The van der Waals surface area contributed by atoms with Crippen LogP contribution in [0, 0.1) is 0 Å². The molecule has 3 N–H and O–H groups in total. The lowest BCUT2D eigenvalue weighted by Gasteiger charge is -2.48. The lowest BCUT2D eigenvalue weighted by atomic mass is 10.0. The van der Waals surface area contributed by atoms with Crippen LogP contribution in [0.5, 0.6) is 0 Å². The molecule has 2 rings (SSSR count). The fourth-order valence-corrected chi connectivity index (χ4v) is 9.00. The van der Waals surface area contributed by atoms with Crippen molar-refractivity contribution in [3.63, 3.8) is 0 Å². The molecular formula is C30H60NO7Si+. The second-order valence-electron chi connectivity index (χ2n) is 12.4. The number of hydrogen-bond donors (Lipinski definition) is 3. The van der Waals surface area contributed by atoms with Gasteiger partial charge in [-0.05, 0) is 25.7 Å². The SMILES string of the molecule is CCCCCCCCCC[N+](C)(CCCCCCCCCC)CCC[Si]12OC[C@@H](O)[C@H](O1)[C@H](O)[C@H](C(=O)O)O2. The summed E-state index contributed by atoms with van der Waals surface area (Å²) in [6.07, 6.45) is 17.0. The van der Waals surface area contributed by atoms with E-state index in [4.69, 9.17) is 13.3 Å². The third kappa shape index (κ3) is 12.5. The Morgan fingerprint density at radius 1 is 0.744 bits per heavy atom. The van der Waals surface area contributed by atoms with Gasteiger partial charge in [0.05, 0.1) is 33.3 Å². The minimum Gasteiger partial charge on any atom is -0.479 e. The van der Waals surface area contributed by atoms with Crippen LogP contribution in [-0.4, -0.2) is 92.3 Å². The van der Waals surface area contributed by atoms with E-state index >= 15 is 0 Å². The highest BCUT2D eigenvalue weighted by Gasteiger charge is 2.59. The van der Waals surface area contributed by atoms with E-state index in [1.165, 1.54) is 103 Å². The quantitative estimate of drug-likeness (QED) is 0.0821. The molecule has 0 aromatic rings. The van der Waals surface area contributed by atoms with E-state index in [0.29, 0.717) is 6.04 Å². The van der Waals surface area contributed by atoms with E-state index in [1.54, 1.807) is 0 Å². The second kappa shape index (κ2) is 18.8. The summed E-state index contributed by atoms with van der Waals surface area (Å²) in [5.41, 5.74) is 0. The van der Waals surface area contributed by atoms with Crippen LogP contribution in [0.2, 0.25) is 6.04 Å². The van der Waals surface area contributed by atoms with Crippen molar-refractivity contribution in [2.75, 3.05) is 33.3 Å². The Labute approximate surface area is 239 Å². The summed E-state index contributed by atoms with van der Waals surface area (Å²) in [4.78, 5) is 11.7. The van der Waals surface area contributed by atoms with Crippen LogP contribution in [0.3, 0.4) is 0 Å². The van der Waals surface area contributed by atoms with Gasteiger partial charge in [-0.2, -0.15) is 0 Å². The number of carbonyl (C=O) groups is 1. The molecule has 2 fully saturated rings. The van der Waals surface area contributed by atoms with Gasteiger partial charge in [0.25, 0.3) is 0 Å². The Morgan fingerprint density at radius 2 is 1.21 bits per heavy atom. The first kappa shape index (κ1) is 34.6. The second-order valence-corrected chi connectivity index (χ2v) is 15.0. The van der Waals surface area contributed by atoms with Crippen LogP contribution < -0.4 is 0 Å². The molecule has 0 radical (unpaired) electrons. The average Bonchev–Trinajstić information content (AvgIpc) is 2.91. The predicted molar refractivity (Wildman–Crippen MR) is 157 cm³/mol. The molecule has 8 nitrogen and oxygen atoms in total. The number of hydrogen-bond acceptors (Lipinski definition) is 6. The normalized spacial score (nSPS) is 27.1. The number of fused-ring (bicyclic) bond motifs is 2. The highest BCUT2D eigenvalue weighted by Crippen LogP contribution is 2.35. The first-order valence-corrected chi connectivity index (χ1v) is 18.1. The summed E-state index contributed by atoms with van der Waals surface area (Å²) < 4.78 is 18.6. The molecule has 9 heteroatoms. The smallest absolute Gasteiger partial charge is 0.479 e. The first-order valence-electron chi connectivity index (χ1n) is 16.2. The molecule has 2 saturated heterocycles. The number of unbranched alkanes of at least 4 members (excludes halogenated alkanes) is 14. The molecule has 230 valence electrons. The van der Waals surface area contributed by atoms with Crippen molar-refractivity contribution in [1.29, 1.82) is 0 Å². The highest BCUT2D eigenvalue weighted by molar-refractivity contribution is 6.61. The van der Waals surface area contributed by atoms with Crippen LogP contribution in [0.1, 0.15) is 123 Å². The Kier molecular flexibility index (Phi) is 16.7. The van der Waals surface area contributed by atoms with Crippen LogP contribution >= 0.6 is 0 Å². The molecular weight excluding hydrogens is 514 g/mol. The molecule has 2 heterocycles. The lowest BCUT2D eigenvalue weighted by molar-refractivity contribution is -0.910. The first-order chi connectivity index (χ1) is 18.8. The summed E-state index contributed by atoms with van der Waals surface area (Å²) in [5, 5.41) is 30.2. The van der Waals surface area contributed by atoms with Crippen LogP contribution in [0.15, 0.2) is 0 Å². The lowest BCUT2D eigenvalue weighted by Crippen LogP contribution is -2.70. The number of aliphatic hydroxyl groups excluding tert-OH is 2. The third-order valence-corrected chi connectivity index (χ3v) is 11.5. The Morgan fingerprint density at radius 3 is 1.69 bits per heavy atom. The van der Waals surface area contributed by atoms with Crippen LogP contribution in [0.4, 0.5) is 0 Å². The van der Waals surface area contributed by atoms with Gasteiger partial charge in [-0.15, -0.1) is 0 Å². The average molecular weight is 575 g/mol. The van der Waals surface area contributed by atoms with Crippen molar-refractivity contribution in [2.24, 2.45) is 0 Å². The van der Waals surface area contributed by atoms with Gasteiger partial charge in [0.15, 0.2) is 6.10 Å². The molecule has 0 aliphatic carbocycles. The van der Waals surface area contributed by atoms with Gasteiger partial charge in [-0.1, -0.05) is 90.9 Å². The summed E-state index contributed by atoms with van der Waals surface area (Å²) in [7, 11) is -0.910. The number of quaternary nitrogens is 1. The maximum absolute atomic E-state index is 11.7. The molecule has 0 spiro atoms. The molecule has 1 unspecified atom stereocenters. The van der Waals surface area contributed by atoms with Crippen LogP contribution in [-0.2, 0) is 18.1 Å². The van der Waals surface area contributed by atoms with E-state index in [9.17, 15) is 20.1 Å². The Bertz CT molecular complexity index is 649. The van der Waals surface area contributed by atoms with Crippen molar-refractivity contribution in [3.05, 3.63) is 0 Å². The van der Waals surface area contributed by atoms with Crippen molar-refractivity contribution in [2.45, 2.75) is 153 Å². The summed E-state index contributed by atoms with van der Waals surface area (Å²) >= 11 is 0. The topological polar surface area (TPSA) is 105 Å². The number of nitrogens with zero attached hydrogens (tertiary/aromatic N) is 1. The molecule has 0 saturated carbocycles. The molecule has 5 atom stereocenters. The maximum Gasteiger partial charge on any atom is 0.502 e. The molecule has 0 aromatic heterocycles. The summed E-state index contributed by atoms with van der Waals surface area (Å²) in [5.74, 6) is -1.24. The van der Waals surface area contributed by atoms with Gasteiger partial charge in [0.1, 0.15) is 18.3 Å². The van der Waals surface area contributed by atoms with E-state index < -0.39 is 39.2 Å². The van der Waals surface area contributed by atoms with Gasteiger partial charge in [0, 0.05) is 12.5 Å². The molecule has 2 aliphatic heterocycles. The third-order valence-electron chi connectivity index (χ3n) is 8.65. The largest absolute Gasteiger partial charge is 0.502 e. The molecule has 2 aliphatic rings. The van der Waals surface area contributed by atoms with E-state index in [2.05, 4.69) is 20.9 Å². The van der Waals surface area contributed by atoms with Gasteiger partial charge < -0.3 is 33.1 Å². The zero-order valence-corrected chi connectivity index (χ0v) is 26.3. The molecule has 39 heavy (non-hydrogen) atoms. The minimum atomic E-state index is -3.27. The van der Waals surface area contributed by atoms with Gasteiger partial charge in [-0.3, -0.25) is 0 Å². The van der Waals surface area contributed by atoms with E-state index in [-0.39, 0.29) is 6.61 Å². The minimum absolute atomic E-state index is 0.0168. The number of carboxylic acids is 1. The standard InChI is InChI=1S/C30H59NO7Si/c1-4-6-8-10-12-14-16-18-21-31(3,22-19-17-15-13-11-9-7-5-2)23-20-24-39-36-25-26(32)28(37-39)27(33)29(38-39)30(34)35/h26-29,32-33H,4-25H2,1-3H3/p+1/t26-,27+,28+,29-,39?/m1/s1. The predicted octanol–water partition coefficient (Wildman–Crippen LogP) is 5.66. The van der Waals surface area contributed by atoms with Gasteiger partial charge >= 0.3 is 14.8 Å². The zero-order chi connectivity index (χ0) is 28.6. The maximum atomic E-state index is 11.7.